The Morgan fingerprint density at radius 3 is 1.50 bits per heavy atom. The predicted octanol–water partition coefficient (Wildman–Crippen LogP) is 0.491. The number of rotatable bonds is 6. The van der Waals surface area contributed by atoms with Crippen molar-refractivity contribution in [2.75, 3.05) is 34.3 Å². The van der Waals surface area contributed by atoms with E-state index in [1.54, 1.807) is 48.5 Å². The van der Waals surface area contributed by atoms with Gasteiger partial charge < -0.3 is 26.6 Å². The monoisotopic (exact) mass is 416 g/mol. The van der Waals surface area contributed by atoms with Crippen LogP contribution in [0, 0.1) is 0 Å². The van der Waals surface area contributed by atoms with Crippen LogP contribution < -0.4 is 26.0 Å². The van der Waals surface area contributed by atoms with Crippen molar-refractivity contribution < 1.29 is 40.2 Å². The van der Waals surface area contributed by atoms with E-state index < -0.39 is 8.25 Å². The zero-order valence-corrected chi connectivity index (χ0v) is 16.6. The van der Waals surface area contributed by atoms with Crippen molar-refractivity contribution in [2.45, 2.75) is 0 Å². The maximum absolute atomic E-state index is 11.5. The summed E-state index contributed by atoms with van der Waals surface area (Å²) in [4.78, 5) is 0. The van der Waals surface area contributed by atoms with Crippen LogP contribution in [-0.4, -0.2) is 43.9 Å². The summed E-state index contributed by atoms with van der Waals surface area (Å²) < 4.78 is 22.5. The van der Waals surface area contributed by atoms with Crippen molar-refractivity contribution >= 4 is 8.25 Å². The third kappa shape index (κ3) is 11.1. The molecule has 0 aliphatic carbocycles. The van der Waals surface area contributed by atoms with E-state index in [0.717, 1.165) is 11.0 Å². The topological polar surface area (TPSA) is 55.8 Å². The molecule has 0 unspecified atom stereocenters. The van der Waals surface area contributed by atoms with Gasteiger partial charge in [0, 0.05) is 4.57 Å². The van der Waals surface area contributed by atoms with Crippen LogP contribution in [-0.2, 0) is 4.57 Å². The van der Waals surface area contributed by atoms with Crippen LogP contribution in [0.4, 0.5) is 0 Å². The summed E-state index contributed by atoms with van der Waals surface area (Å²) in [6.07, 6.45) is 0. The Hall–Kier alpha value is -1.46. The van der Waals surface area contributed by atoms with Gasteiger partial charge in [-0.05, 0) is 24.3 Å². The molecular formula is C17H24BrNO4P+. The van der Waals surface area contributed by atoms with E-state index in [4.69, 9.17) is 14.2 Å². The molecule has 0 bridgehead atoms. The lowest BCUT2D eigenvalue weighted by Crippen LogP contribution is -3.00. The highest BCUT2D eigenvalue weighted by Crippen LogP contribution is 2.29. The lowest BCUT2D eigenvalue weighted by Gasteiger charge is -2.21. The molecule has 2 aromatic carbocycles. The van der Waals surface area contributed by atoms with Crippen LogP contribution >= 0.6 is 8.25 Å². The molecule has 7 heteroatoms. The molecular weight excluding hydrogens is 393 g/mol. The average Bonchev–Trinajstić information content (AvgIpc) is 2.48. The summed E-state index contributed by atoms with van der Waals surface area (Å²) in [5, 5.41) is 8.39. The number of benzene rings is 2. The molecule has 0 radical (unpaired) electrons. The Morgan fingerprint density at radius 2 is 1.25 bits per heavy atom. The first kappa shape index (κ1) is 22.5. The number of hydrogen-bond donors (Lipinski definition) is 1. The molecule has 0 aliphatic heterocycles. The number of aliphatic hydroxyl groups is 1. The second kappa shape index (κ2) is 12.0. The maximum Gasteiger partial charge on any atom is 0.805 e. The summed E-state index contributed by atoms with van der Waals surface area (Å²) >= 11 is 0. The molecule has 2 rings (SSSR count). The van der Waals surface area contributed by atoms with Gasteiger partial charge in [0.15, 0.2) is 11.5 Å². The lowest BCUT2D eigenvalue weighted by molar-refractivity contribution is -0.870. The van der Waals surface area contributed by atoms with E-state index in [1.165, 1.54) is 0 Å². The van der Waals surface area contributed by atoms with Gasteiger partial charge in [-0.3, -0.25) is 0 Å². The fourth-order valence-corrected chi connectivity index (χ4v) is 2.08. The van der Waals surface area contributed by atoms with Crippen molar-refractivity contribution in [1.29, 1.82) is 0 Å². The average molecular weight is 417 g/mol. The molecule has 1 N–H and O–H groups in total. The minimum absolute atomic E-state index is 0. The van der Waals surface area contributed by atoms with E-state index >= 15 is 0 Å². The first-order valence-corrected chi connectivity index (χ1v) is 8.35. The Balaban J connectivity index is 0.000000570. The first-order valence-electron chi connectivity index (χ1n) is 7.25. The molecule has 132 valence electrons. The maximum atomic E-state index is 11.5. The normalized spacial score (nSPS) is 9.83. The number of likely N-dealkylation sites (N-methyl/N-ethyl adjacent to an activating group) is 1. The number of aliphatic hydroxyl groups excluding tert-OH is 1. The molecule has 0 saturated carbocycles. The van der Waals surface area contributed by atoms with Crippen LogP contribution in [0.15, 0.2) is 60.7 Å². The van der Waals surface area contributed by atoms with E-state index in [-0.39, 0.29) is 23.6 Å². The Morgan fingerprint density at radius 1 is 0.875 bits per heavy atom. The van der Waals surface area contributed by atoms with Crippen molar-refractivity contribution in [1.82, 2.24) is 0 Å². The highest BCUT2D eigenvalue weighted by molar-refractivity contribution is 7.34. The minimum atomic E-state index is -2.18. The fourth-order valence-electron chi connectivity index (χ4n) is 1.45. The summed E-state index contributed by atoms with van der Waals surface area (Å²) in [5.74, 6) is 1.05. The highest BCUT2D eigenvalue weighted by Gasteiger charge is 2.23. The second-order valence-electron chi connectivity index (χ2n) is 5.77. The Labute approximate surface area is 155 Å². The number of quaternary nitrogens is 1. The molecule has 0 amide bonds. The molecule has 0 heterocycles. The van der Waals surface area contributed by atoms with E-state index in [9.17, 15) is 4.57 Å². The van der Waals surface area contributed by atoms with Crippen molar-refractivity contribution in [3.8, 4) is 11.5 Å². The van der Waals surface area contributed by atoms with Gasteiger partial charge in [0.05, 0.1) is 27.7 Å². The fraction of sp³-hybridized carbons (Fsp3) is 0.294. The van der Waals surface area contributed by atoms with Gasteiger partial charge in [-0.2, -0.15) is 0 Å². The standard InChI is InChI=1S/C12H10O3P.C5H14NO.BrH/c13-16(14-11-7-3-1-4-8-11)15-12-9-5-2-6-10-12;1-6(2,3)4-5-7;/h1-10H;7H,4-5H2,1-3H3;1H/q2*+1;/p-1. The SMILES string of the molecule is C[N+](C)(C)CCO.O=[P+](Oc1ccccc1)Oc1ccccc1.[Br-]. The van der Waals surface area contributed by atoms with Gasteiger partial charge in [-0.25, -0.2) is 9.05 Å². The molecule has 0 fully saturated rings. The second-order valence-corrected chi connectivity index (χ2v) is 6.58. The van der Waals surface area contributed by atoms with E-state index in [1.807, 2.05) is 12.1 Å². The van der Waals surface area contributed by atoms with Crippen LogP contribution in [0.5, 0.6) is 11.5 Å². The van der Waals surface area contributed by atoms with Gasteiger partial charge in [0.25, 0.3) is 0 Å². The zero-order valence-electron chi connectivity index (χ0n) is 14.1. The summed E-state index contributed by atoms with van der Waals surface area (Å²) in [7, 11) is 3.97. The molecule has 0 aromatic heterocycles. The zero-order chi connectivity index (χ0) is 17.1. The number of halogens is 1. The van der Waals surface area contributed by atoms with E-state index in [0.29, 0.717) is 11.5 Å². The third-order valence-electron chi connectivity index (χ3n) is 2.62. The van der Waals surface area contributed by atoms with Gasteiger partial charge in [-0.15, -0.1) is 0 Å². The molecule has 2 aromatic rings. The third-order valence-corrected chi connectivity index (χ3v) is 3.34. The van der Waals surface area contributed by atoms with Crippen LogP contribution in [0.3, 0.4) is 0 Å². The van der Waals surface area contributed by atoms with E-state index in [2.05, 4.69) is 21.1 Å². The smallest absolute Gasteiger partial charge is 0.805 e. The van der Waals surface area contributed by atoms with Gasteiger partial charge >= 0.3 is 8.25 Å². The Kier molecular flexibility index (Phi) is 11.3. The highest BCUT2D eigenvalue weighted by atomic mass is 79.9. The summed E-state index contributed by atoms with van der Waals surface area (Å²) in [5.41, 5.74) is 0. The predicted molar refractivity (Wildman–Crippen MR) is 91.7 cm³/mol. The number of hydrogen-bond acceptors (Lipinski definition) is 4. The number of para-hydroxylation sites is 2. The summed E-state index contributed by atoms with van der Waals surface area (Å²) in [6.45, 7) is 1.11. The largest absolute Gasteiger partial charge is 1.00 e. The molecule has 0 aliphatic rings. The van der Waals surface area contributed by atoms with Gasteiger partial charge in [-0.1, -0.05) is 36.4 Å². The van der Waals surface area contributed by atoms with Gasteiger partial charge in [0.2, 0.25) is 0 Å². The molecule has 24 heavy (non-hydrogen) atoms. The minimum Gasteiger partial charge on any atom is -1.00 e. The van der Waals surface area contributed by atoms with Crippen LogP contribution in [0.1, 0.15) is 0 Å². The molecule has 0 spiro atoms. The summed E-state index contributed by atoms with van der Waals surface area (Å²) in [6, 6.07) is 17.8. The molecule has 5 nitrogen and oxygen atoms in total. The van der Waals surface area contributed by atoms with Crippen molar-refractivity contribution in [3.05, 3.63) is 60.7 Å². The van der Waals surface area contributed by atoms with Crippen molar-refractivity contribution in [2.24, 2.45) is 0 Å². The lowest BCUT2D eigenvalue weighted by atomic mass is 10.3. The first-order chi connectivity index (χ1) is 10.9. The quantitative estimate of drug-likeness (QED) is 0.550. The van der Waals surface area contributed by atoms with Crippen molar-refractivity contribution in [3.63, 3.8) is 0 Å². The number of nitrogens with zero attached hydrogens (tertiary/aromatic N) is 1. The van der Waals surface area contributed by atoms with Crippen LogP contribution in [0.25, 0.3) is 0 Å². The molecule has 0 saturated heterocycles. The Bertz CT molecular complexity index is 533. The van der Waals surface area contributed by atoms with Crippen LogP contribution in [0.2, 0.25) is 0 Å². The van der Waals surface area contributed by atoms with Gasteiger partial charge in [0.1, 0.15) is 6.54 Å². The molecule has 0 atom stereocenters.